The molecule has 2 N–H and O–H groups in total. The van der Waals surface area contributed by atoms with E-state index in [2.05, 4.69) is 10.6 Å². The van der Waals surface area contributed by atoms with Crippen LogP contribution in [0.15, 0.2) is 42.2 Å². The normalized spacial score (nSPS) is 13.5. The van der Waals surface area contributed by atoms with Crippen LogP contribution in [0.25, 0.3) is 6.08 Å². The Labute approximate surface area is 137 Å². The van der Waals surface area contributed by atoms with Gasteiger partial charge in [-0.3, -0.25) is 9.59 Å². The number of hydrogen-bond donors (Lipinski definition) is 2. The molecule has 1 aliphatic heterocycles. The highest BCUT2D eigenvalue weighted by atomic mass is 19.1. The average molecular weight is 328 g/mol. The molecule has 0 aromatic heterocycles. The van der Waals surface area contributed by atoms with Crippen molar-refractivity contribution in [2.24, 2.45) is 0 Å². The van der Waals surface area contributed by atoms with Gasteiger partial charge in [0.2, 0.25) is 5.91 Å². The number of rotatable bonds is 3. The zero-order valence-corrected chi connectivity index (χ0v) is 12.8. The Balaban J connectivity index is 1.78. The van der Waals surface area contributed by atoms with Crippen molar-refractivity contribution in [3.63, 3.8) is 0 Å². The molecule has 2 amide bonds. The number of anilines is 2. The molecule has 122 valence electrons. The second kappa shape index (κ2) is 6.23. The van der Waals surface area contributed by atoms with E-state index in [0.29, 0.717) is 17.7 Å². The van der Waals surface area contributed by atoms with E-state index >= 15 is 0 Å². The smallest absolute Gasteiger partial charge is 0.284 e. The molecule has 0 aliphatic carbocycles. The van der Waals surface area contributed by atoms with Gasteiger partial charge in [0.1, 0.15) is 5.82 Å². The van der Waals surface area contributed by atoms with E-state index in [1.807, 2.05) is 0 Å². The van der Waals surface area contributed by atoms with Gasteiger partial charge in [-0.15, -0.1) is 0 Å². The number of carbonyl (C=O) groups excluding carboxylic acids is 2. The van der Waals surface area contributed by atoms with Crippen molar-refractivity contribution >= 4 is 29.3 Å². The number of hydrogen-bond acceptors (Lipinski definition) is 2. The summed E-state index contributed by atoms with van der Waals surface area (Å²) >= 11 is 0. The van der Waals surface area contributed by atoms with E-state index in [9.17, 15) is 18.4 Å². The van der Waals surface area contributed by atoms with Crippen molar-refractivity contribution < 1.29 is 18.4 Å². The Kier molecular flexibility index (Phi) is 4.12. The molecule has 4 nitrogen and oxygen atoms in total. The molecule has 0 saturated heterocycles. The first kappa shape index (κ1) is 15.9. The molecular weight excluding hydrogens is 314 g/mol. The summed E-state index contributed by atoms with van der Waals surface area (Å²) in [6, 6.07) is 9.12. The van der Waals surface area contributed by atoms with Crippen molar-refractivity contribution in [3.05, 3.63) is 64.7 Å². The molecule has 0 atom stereocenters. The second-order valence-corrected chi connectivity index (χ2v) is 5.50. The molecule has 0 unspecified atom stereocenters. The summed E-state index contributed by atoms with van der Waals surface area (Å²) in [5.41, 5.74) is 2.34. The van der Waals surface area contributed by atoms with Crippen LogP contribution in [0.5, 0.6) is 0 Å². The number of nitrogens with one attached hydrogen (secondary N) is 2. The monoisotopic (exact) mass is 328 g/mol. The first-order valence-electron chi connectivity index (χ1n) is 7.30. The van der Waals surface area contributed by atoms with E-state index in [0.717, 1.165) is 11.6 Å². The molecule has 1 heterocycles. The van der Waals surface area contributed by atoms with Crippen LogP contribution < -0.4 is 10.6 Å². The van der Waals surface area contributed by atoms with Crippen LogP contribution >= 0.6 is 0 Å². The molecule has 3 rings (SSSR count). The fraction of sp³-hybridized carbons (Fsp3) is 0.111. The van der Waals surface area contributed by atoms with Gasteiger partial charge in [-0.25, -0.2) is 8.78 Å². The minimum absolute atomic E-state index is 0.120. The van der Waals surface area contributed by atoms with Crippen LogP contribution in [-0.2, 0) is 16.0 Å². The van der Waals surface area contributed by atoms with Crippen LogP contribution in [-0.4, -0.2) is 11.8 Å². The van der Waals surface area contributed by atoms with Gasteiger partial charge in [0, 0.05) is 16.9 Å². The second-order valence-electron chi connectivity index (χ2n) is 5.50. The maximum atomic E-state index is 14.1. The quantitative estimate of drug-likeness (QED) is 0.846. The fourth-order valence-electron chi connectivity index (χ4n) is 2.46. The molecule has 6 heteroatoms. The number of benzene rings is 2. The van der Waals surface area contributed by atoms with E-state index < -0.39 is 17.6 Å². The van der Waals surface area contributed by atoms with E-state index in [4.69, 9.17) is 0 Å². The summed E-state index contributed by atoms with van der Waals surface area (Å²) in [5.74, 6) is -2.58. The lowest BCUT2D eigenvalue weighted by molar-refractivity contribution is -0.115. The Morgan fingerprint density at radius 2 is 2.08 bits per heavy atom. The Morgan fingerprint density at radius 3 is 2.88 bits per heavy atom. The highest BCUT2D eigenvalue weighted by Crippen LogP contribution is 2.25. The third kappa shape index (κ3) is 3.17. The van der Waals surface area contributed by atoms with Crippen LogP contribution in [0.1, 0.15) is 16.7 Å². The first-order valence-corrected chi connectivity index (χ1v) is 7.30. The number of fused-ring (bicyclic) bond motifs is 1. The van der Waals surface area contributed by atoms with E-state index in [-0.39, 0.29) is 17.2 Å². The maximum absolute atomic E-state index is 14.1. The fourth-order valence-corrected chi connectivity index (χ4v) is 2.46. The molecule has 1 aliphatic rings. The third-order valence-corrected chi connectivity index (χ3v) is 3.79. The first-order chi connectivity index (χ1) is 11.4. The molecule has 2 aromatic rings. The average Bonchev–Trinajstić information content (AvgIpc) is 2.91. The van der Waals surface area contributed by atoms with Crippen molar-refractivity contribution in [1.82, 2.24) is 0 Å². The highest BCUT2D eigenvalue weighted by Gasteiger charge is 2.18. The summed E-state index contributed by atoms with van der Waals surface area (Å²) in [6.45, 7) is 1.50. The van der Waals surface area contributed by atoms with Crippen molar-refractivity contribution in [2.45, 2.75) is 13.3 Å². The van der Waals surface area contributed by atoms with Crippen LogP contribution in [0.3, 0.4) is 0 Å². The maximum Gasteiger partial charge on any atom is 0.284 e. The SMILES string of the molecule is Cc1c(F)cccc1NC(=O)/C(F)=C/c1ccc2c(c1)NC(=O)C2. The summed E-state index contributed by atoms with van der Waals surface area (Å²) in [5, 5.41) is 5.00. The van der Waals surface area contributed by atoms with Crippen molar-refractivity contribution in [2.75, 3.05) is 10.6 Å². The summed E-state index contributed by atoms with van der Waals surface area (Å²) in [7, 11) is 0. The molecule has 2 aromatic carbocycles. The van der Waals surface area contributed by atoms with Gasteiger partial charge in [-0.05, 0) is 42.3 Å². The van der Waals surface area contributed by atoms with Gasteiger partial charge in [-0.1, -0.05) is 18.2 Å². The zero-order valence-electron chi connectivity index (χ0n) is 12.8. The Bertz CT molecular complexity index is 875. The van der Waals surface area contributed by atoms with Gasteiger partial charge in [0.05, 0.1) is 6.42 Å². The van der Waals surface area contributed by atoms with Gasteiger partial charge in [0.15, 0.2) is 5.83 Å². The molecule has 0 spiro atoms. The lowest BCUT2D eigenvalue weighted by atomic mass is 10.1. The highest BCUT2D eigenvalue weighted by molar-refractivity contribution is 6.05. The predicted molar refractivity (Wildman–Crippen MR) is 87.6 cm³/mol. The van der Waals surface area contributed by atoms with Crippen molar-refractivity contribution in [1.29, 1.82) is 0 Å². The largest absolute Gasteiger partial charge is 0.326 e. The minimum atomic E-state index is -1.01. The lowest BCUT2D eigenvalue weighted by Crippen LogP contribution is -2.13. The summed E-state index contributed by atoms with van der Waals surface area (Å²) in [4.78, 5) is 23.2. The third-order valence-electron chi connectivity index (χ3n) is 3.79. The van der Waals surface area contributed by atoms with Gasteiger partial charge >= 0.3 is 0 Å². The Morgan fingerprint density at radius 1 is 1.29 bits per heavy atom. The lowest BCUT2D eigenvalue weighted by Gasteiger charge is -2.08. The van der Waals surface area contributed by atoms with E-state index in [1.54, 1.807) is 18.2 Å². The zero-order chi connectivity index (χ0) is 17.3. The van der Waals surface area contributed by atoms with Crippen LogP contribution in [0.2, 0.25) is 0 Å². The Hall–Kier alpha value is -3.02. The molecule has 0 bridgehead atoms. The molecular formula is C18H14F2N2O2. The topological polar surface area (TPSA) is 58.2 Å². The van der Waals surface area contributed by atoms with E-state index in [1.165, 1.54) is 25.1 Å². The van der Waals surface area contributed by atoms with Crippen LogP contribution in [0.4, 0.5) is 20.2 Å². The van der Waals surface area contributed by atoms with Gasteiger partial charge in [0.25, 0.3) is 5.91 Å². The molecule has 0 radical (unpaired) electrons. The molecule has 0 fully saturated rings. The standard InChI is InChI=1S/C18H14F2N2O2/c1-10-13(19)3-2-4-15(10)22-18(24)14(20)7-11-5-6-12-9-17(23)21-16(12)8-11/h2-8H,9H2,1H3,(H,21,23)(H,22,24)/b14-7-. The van der Waals surface area contributed by atoms with Crippen LogP contribution in [0, 0.1) is 12.7 Å². The number of halogens is 2. The van der Waals surface area contributed by atoms with Crippen molar-refractivity contribution in [3.8, 4) is 0 Å². The van der Waals surface area contributed by atoms with Gasteiger partial charge in [-0.2, -0.15) is 0 Å². The molecule has 24 heavy (non-hydrogen) atoms. The summed E-state index contributed by atoms with van der Waals surface area (Å²) in [6.07, 6.45) is 1.36. The number of carbonyl (C=O) groups is 2. The minimum Gasteiger partial charge on any atom is -0.326 e. The van der Waals surface area contributed by atoms with Gasteiger partial charge < -0.3 is 10.6 Å². The summed E-state index contributed by atoms with van der Waals surface area (Å²) < 4.78 is 27.5. The number of amides is 2. The predicted octanol–water partition coefficient (Wildman–Crippen LogP) is 3.58. The molecule has 0 saturated carbocycles.